The van der Waals surface area contributed by atoms with Crippen molar-refractivity contribution in [3.63, 3.8) is 0 Å². The van der Waals surface area contributed by atoms with Crippen molar-refractivity contribution in [3.8, 4) is 0 Å². The fourth-order valence-corrected chi connectivity index (χ4v) is 2.13. The molecule has 2 aliphatic rings. The molecule has 98 valence electrons. The molecule has 0 saturated carbocycles. The molecule has 5 heteroatoms. The Bertz CT molecular complexity index is 538. The van der Waals surface area contributed by atoms with Crippen LogP contribution in [-0.2, 0) is 25.7 Å². The summed E-state index contributed by atoms with van der Waals surface area (Å²) in [5, 5.41) is 0. The van der Waals surface area contributed by atoms with Crippen molar-refractivity contribution < 1.29 is 19.1 Å². The number of fused-ring (bicyclic) bond motifs is 1. The molecule has 1 amide bonds. The van der Waals surface area contributed by atoms with Gasteiger partial charge in [0.1, 0.15) is 18.5 Å². The summed E-state index contributed by atoms with van der Waals surface area (Å²) in [6.07, 6.45) is 1.63. The SMILES string of the molecule is O=C(OCc1ccccc1)C1=CCOC2CC(=O)N12. The number of amides is 1. The summed E-state index contributed by atoms with van der Waals surface area (Å²) >= 11 is 0. The van der Waals surface area contributed by atoms with Gasteiger partial charge in [0.2, 0.25) is 5.91 Å². The van der Waals surface area contributed by atoms with Gasteiger partial charge in [0, 0.05) is 0 Å². The second-order valence-electron chi connectivity index (χ2n) is 4.41. The largest absolute Gasteiger partial charge is 0.456 e. The molecule has 1 saturated heterocycles. The highest BCUT2D eigenvalue weighted by Crippen LogP contribution is 2.29. The van der Waals surface area contributed by atoms with E-state index in [2.05, 4.69) is 0 Å². The maximum atomic E-state index is 12.0. The predicted molar refractivity (Wildman–Crippen MR) is 65.5 cm³/mol. The standard InChI is InChI=1S/C14H13NO4/c16-12-8-13-15(12)11(6-7-18-13)14(17)19-9-10-4-2-1-3-5-10/h1-6,13H,7-9H2. The summed E-state index contributed by atoms with van der Waals surface area (Å²) in [4.78, 5) is 24.8. The first kappa shape index (κ1) is 11.9. The molecule has 0 N–H and O–H groups in total. The molecule has 19 heavy (non-hydrogen) atoms. The predicted octanol–water partition coefficient (Wildman–Crippen LogP) is 1.20. The Hall–Kier alpha value is -2.14. The van der Waals surface area contributed by atoms with Crippen molar-refractivity contribution in [1.82, 2.24) is 4.90 Å². The second-order valence-corrected chi connectivity index (χ2v) is 4.41. The normalized spacial score (nSPS) is 21.3. The lowest BCUT2D eigenvalue weighted by Crippen LogP contribution is -2.56. The molecule has 1 aromatic rings. The Kier molecular flexibility index (Phi) is 3.05. The molecule has 0 aliphatic carbocycles. The minimum atomic E-state index is -0.481. The van der Waals surface area contributed by atoms with Crippen molar-refractivity contribution in [2.75, 3.05) is 6.61 Å². The first-order valence-electron chi connectivity index (χ1n) is 6.10. The Morgan fingerprint density at radius 2 is 2.16 bits per heavy atom. The van der Waals surface area contributed by atoms with E-state index in [1.165, 1.54) is 4.90 Å². The number of ether oxygens (including phenoxy) is 2. The second kappa shape index (κ2) is 4.85. The smallest absolute Gasteiger partial charge is 0.355 e. The van der Waals surface area contributed by atoms with Crippen molar-refractivity contribution in [3.05, 3.63) is 47.7 Å². The topological polar surface area (TPSA) is 55.8 Å². The third-order valence-electron chi connectivity index (χ3n) is 3.15. The van der Waals surface area contributed by atoms with Gasteiger partial charge in [0.15, 0.2) is 0 Å². The van der Waals surface area contributed by atoms with Gasteiger partial charge in [-0.05, 0) is 11.6 Å². The van der Waals surface area contributed by atoms with Gasteiger partial charge in [-0.2, -0.15) is 0 Å². The van der Waals surface area contributed by atoms with Crippen LogP contribution in [0.25, 0.3) is 0 Å². The van der Waals surface area contributed by atoms with Gasteiger partial charge in [0.05, 0.1) is 13.0 Å². The van der Waals surface area contributed by atoms with Gasteiger partial charge in [-0.15, -0.1) is 0 Å². The van der Waals surface area contributed by atoms with Gasteiger partial charge in [-0.25, -0.2) is 4.79 Å². The number of β-lactam (4-membered cyclic amide) rings is 1. The first-order chi connectivity index (χ1) is 9.25. The van der Waals surface area contributed by atoms with E-state index in [1.807, 2.05) is 30.3 Å². The van der Waals surface area contributed by atoms with Crippen LogP contribution in [0.4, 0.5) is 0 Å². The molecule has 2 aliphatic heterocycles. The van der Waals surface area contributed by atoms with Gasteiger partial charge < -0.3 is 9.47 Å². The highest BCUT2D eigenvalue weighted by molar-refractivity contribution is 5.97. The first-order valence-corrected chi connectivity index (χ1v) is 6.10. The van der Waals surface area contributed by atoms with E-state index in [-0.39, 0.29) is 18.7 Å². The highest BCUT2D eigenvalue weighted by atomic mass is 16.5. The quantitative estimate of drug-likeness (QED) is 0.604. The maximum absolute atomic E-state index is 12.0. The summed E-state index contributed by atoms with van der Waals surface area (Å²) in [6, 6.07) is 9.42. The number of carbonyl (C=O) groups excluding carboxylic acids is 2. The molecule has 1 aromatic carbocycles. The number of rotatable bonds is 3. The fraction of sp³-hybridized carbons (Fsp3) is 0.286. The van der Waals surface area contributed by atoms with Crippen LogP contribution >= 0.6 is 0 Å². The van der Waals surface area contributed by atoms with Crippen molar-refractivity contribution in [1.29, 1.82) is 0 Å². The molecule has 0 radical (unpaired) electrons. The van der Waals surface area contributed by atoms with Gasteiger partial charge in [0.25, 0.3) is 0 Å². The average Bonchev–Trinajstić information content (AvgIpc) is 2.44. The van der Waals surface area contributed by atoms with Crippen LogP contribution in [0.5, 0.6) is 0 Å². The number of esters is 1. The van der Waals surface area contributed by atoms with Gasteiger partial charge in [-0.1, -0.05) is 30.3 Å². The maximum Gasteiger partial charge on any atom is 0.355 e. The third kappa shape index (κ3) is 2.24. The zero-order valence-corrected chi connectivity index (χ0v) is 10.2. The Morgan fingerprint density at radius 1 is 1.37 bits per heavy atom. The van der Waals surface area contributed by atoms with Gasteiger partial charge >= 0.3 is 5.97 Å². The van der Waals surface area contributed by atoms with E-state index in [1.54, 1.807) is 6.08 Å². The van der Waals surface area contributed by atoms with E-state index in [0.29, 0.717) is 18.7 Å². The molecular weight excluding hydrogens is 246 g/mol. The molecule has 0 aromatic heterocycles. The molecule has 0 bridgehead atoms. The minimum absolute atomic E-state index is 0.104. The summed E-state index contributed by atoms with van der Waals surface area (Å²) < 4.78 is 10.5. The van der Waals surface area contributed by atoms with Crippen molar-refractivity contribution >= 4 is 11.9 Å². The minimum Gasteiger partial charge on any atom is -0.456 e. The zero-order valence-electron chi connectivity index (χ0n) is 10.2. The number of hydrogen-bond donors (Lipinski definition) is 0. The van der Waals surface area contributed by atoms with Gasteiger partial charge in [-0.3, -0.25) is 9.69 Å². The molecular formula is C14H13NO4. The van der Waals surface area contributed by atoms with Crippen molar-refractivity contribution in [2.45, 2.75) is 19.3 Å². The Labute approximate surface area is 110 Å². The number of nitrogens with zero attached hydrogens (tertiary/aromatic N) is 1. The lowest BCUT2D eigenvalue weighted by molar-refractivity contribution is -0.175. The number of hydrogen-bond acceptors (Lipinski definition) is 4. The monoisotopic (exact) mass is 259 g/mol. The highest BCUT2D eigenvalue weighted by Gasteiger charge is 2.43. The van der Waals surface area contributed by atoms with Crippen LogP contribution < -0.4 is 0 Å². The average molecular weight is 259 g/mol. The number of carbonyl (C=O) groups is 2. The summed E-state index contributed by atoms with van der Waals surface area (Å²) in [5.74, 6) is -0.585. The van der Waals surface area contributed by atoms with E-state index < -0.39 is 5.97 Å². The van der Waals surface area contributed by atoms with E-state index >= 15 is 0 Å². The molecule has 1 unspecified atom stereocenters. The van der Waals surface area contributed by atoms with Crippen LogP contribution in [0.15, 0.2) is 42.1 Å². The third-order valence-corrected chi connectivity index (χ3v) is 3.15. The Morgan fingerprint density at radius 3 is 2.89 bits per heavy atom. The molecule has 1 fully saturated rings. The molecule has 5 nitrogen and oxygen atoms in total. The van der Waals surface area contributed by atoms with E-state index in [9.17, 15) is 9.59 Å². The van der Waals surface area contributed by atoms with Crippen molar-refractivity contribution in [2.24, 2.45) is 0 Å². The fourth-order valence-electron chi connectivity index (χ4n) is 2.13. The molecule has 0 spiro atoms. The summed E-state index contributed by atoms with van der Waals surface area (Å²) in [6.45, 7) is 0.536. The number of benzene rings is 1. The summed E-state index contributed by atoms with van der Waals surface area (Å²) in [5.41, 5.74) is 1.21. The van der Waals surface area contributed by atoms with E-state index in [4.69, 9.17) is 9.47 Å². The van der Waals surface area contributed by atoms with E-state index in [0.717, 1.165) is 5.56 Å². The van der Waals surface area contributed by atoms with Crippen LogP contribution in [0.1, 0.15) is 12.0 Å². The summed E-state index contributed by atoms with van der Waals surface area (Å²) in [7, 11) is 0. The lowest BCUT2D eigenvalue weighted by atomic mass is 10.1. The molecule has 1 atom stereocenters. The Balaban J connectivity index is 1.64. The van der Waals surface area contributed by atoms with Crippen LogP contribution in [-0.4, -0.2) is 29.6 Å². The lowest BCUT2D eigenvalue weighted by Gasteiger charge is -2.42. The van der Waals surface area contributed by atoms with Crippen LogP contribution in [0.3, 0.4) is 0 Å². The van der Waals surface area contributed by atoms with Crippen LogP contribution in [0.2, 0.25) is 0 Å². The molecule has 3 rings (SSSR count). The zero-order chi connectivity index (χ0) is 13.2. The van der Waals surface area contributed by atoms with Crippen LogP contribution in [0, 0.1) is 0 Å². The molecule has 2 heterocycles.